The minimum atomic E-state index is -1.03. The Morgan fingerprint density at radius 3 is 2.57 bits per heavy atom. The molecule has 0 aliphatic heterocycles. The Balaban J connectivity index is 2.29. The summed E-state index contributed by atoms with van der Waals surface area (Å²) in [5, 5.41) is 11.8. The van der Waals surface area contributed by atoms with Gasteiger partial charge in [0.05, 0.1) is 5.56 Å². The minimum Gasteiger partial charge on any atom is -0.478 e. The topological polar surface area (TPSA) is 92.4 Å². The lowest BCUT2D eigenvalue weighted by Gasteiger charge is -2.11. The van der Waals surface area contributed by atoms with Crippen LogP contribution in [0.4, 0.5) is 11.4 Å². The van der Waals surface area contributed by atoms with Gasteiger partial charge in [0, 0.05) is 21.4 Å². The quantitative estimate of drug-likeness (QED) is 0.742. The lowest BCUT2D eigenvalue weighted by molar-refractivity contribution is 0.0695. The number of hydrogen-bond donors (Lipinski definition) is 3. The van der Waals surface area contributed by atoms with Gasteiger partial charge >= 0.3 is 5.97 Å². The van der Waals surface area contributed by atoms with Crippen LogP contribution >= 0.6 is 15.9 Å². The summed E-state index contributed by atoms with van der Waals surface area (Å²) >= 11 is 3.26. The predicted molar refractivity (Wildman–Crippen MR) is 84.6 cm³/mol. The molecule has 2 aromatic rings. The van der Waals surface area contributed by atoms with Crippen LogP contribution in [0.3, 0.4) is 0 Å². The molecule has 0 heterocycles. The van der Waals surface area contributed by atoms with E-state index in [1.165, 1.54) is 6.07 Å². The molecule has 0 aliphatic rings. The van der Waals surface area contributed by atoms with Gasteiger partial charge in [0.2, 0.25) is 0 Å². The molecule has 0 aromatic heterocycles. The van der Waals surface area contributed by atoms with Gasteiger partial charge in [0.1, 0.15) is 0 Å². The molecule has 0 aliphatic carbocycles. The first-order valence-corrected chi connectivity index (χ1v) is 6.88. The number of benzene rings is 2. The summed E-state index contributed by atoms with van der Waals surface area (Å²) in [6, 6.07) is 9.60. The molecule has 21 heavy (non-hydrogen) atoms. The number of amides is 1. The SMILES string of the molecule is Cc1c(NC(=O)c2ccc(Br)c(N)c2)cccc1C(=O)O. The second-order valence-corrected chi connectivity index (χ2v) is 5.33. The molecule has 4 N–H and O–H groups in total. The van der Waals surface area contributed by atoms with Crippen molar-refractivity contribution >= 4 is 39.2 Å². The number of carbonyl (C=O) groups excluding carboxylic acids is 1. The number of nitrogens with one attached hydrogen (secondary N) is 1. The number of nitrogen functional groups attached to an aromatic ring is 1. The van der Waals surface area contributed by atoms with Gasteiger partial charge < -0.3 is 16.2 Å². The number of anilines is 2. The summed E-state index contributed by atoms with van der Waals surface area (Å²) in [7, 11) is 0. The second kappa shape index (κ2) is 5.97. The van der Waals surface area contributed by atoms with E-state index in [-0.39, 0.29) is 11.5 Å². The van der Waals surface area contributed by atoms with Crippen molar-refractivity contribution in [3.63, 3.8) is 0 Å². The third-order valence-corrected chi connectivity index (χ3v) is 3.79. The van der Waals surface area contributed by atoms with E-state index in [2.05, 4.69) is 21.2 Å². The monoisotopic (exact) mass is 348 g/mol. The fraction of sp³-hybridized carbons (Fsp3) is 0.0667. The van der Waals surface area contributed by atoms with Crippen LogP contribution in [-0.2, 0) is 0 Å². The number of carboxylic acids is 1. The smallest absolute Gasteiger partial charge is 0.336 e. The van der Waals surface area contributed by atoms with Gasteiger partial charge in [-0.05, 0) is 58.7 Å². The number of aromatic carboxylic acids is 1. The Bertz CT molecular complexity index is 729. The summed E-state index contributed by atoms with van der Waals surface area (Å²) in [5.41, 5.74) is 7.72. The van der Waals surface area contributed by atoms with Gasteiger partial charge in [-0.15, -0.1) is 0 Å². The van der Waals surface area contributed by atoms with E-state index >= 15 is 0 Å². The highest BCUT2D eigenvalue weighted by Gasteiger charge is 2.13. The fourth-order valence-corrected chi connectivity index (χ4v) is 2.13. The van der Waals surface area contributed by atoms with Gasteiger partial charge in [-0.1, -0.05) is 6.07 Å². The molecule has 108 valence electrons. The number of rotatable bonds is 3. The highest BCUT2D eigenvalue weighted by atomic mass is 79.9. The van der Waals surface area contributed by atoms with E-state index in [1.54, 1.807) is 37.3 Å². The van der Waals surface area contributed by atoms with E-state index in [0.717, 1.165) is 0 Å². The van der Waals surface area contributed by atoms with Crippen LogP contribution in [0.1, 0.15) is 26.3 Å². The Morgan fingerprint density at radius 2 is 1.95 bits per heavy atom. The van der Waals surface area contributed by atoms with Crippen LogP contribution < -0.4 is 11.1 Å². The Kier molecular flexibility index (Phi) is 4.28. The summed E-state index contributed by atoms with van der Waals surface area (Å²) in [6.45, 7) is 1.65. The lowest BCUT2D eigenvalue weighted by Crippen LogP contribution is -2.14. The maximum absolute atomic E-state index is 12.2. The molecule has 2 aromatic carbocycles. The largest absolute Gasteiger partial charge is 0.478 e. The second-order valence-electron chi connectivity index (χ2n) is 4.47. The lowest BCUT2D eigenvalue weighted by atomic mass is 10.1. The molecule has 0 radical (unpaired) electrons. The molecule has 0 atom stereocenters. The fourth-order valence-electron chi connectivity index (χ4n) is 1.88. The average molecular weight is 349 g/mol. The molecule has 6 heteroatoms. The molecule has 5 nitrogen and oxygen atoms in total. The zero-order valence-electron chi connectivity index (χ0n) is 11.2. The van der Waals surface area contributed by atoms with Crippen molar-refractivity contribution in [1.29, 1.82) is 0 Å². The Hall–Kier alpha value is -2.34. The maximum atomic E-state index is 12.2. The zero-order chi connectivity index (χ0) is 15.6. The van der Waals surface area contributed by atoms with Crippen molar-refractivity contribution in [1.82, 2.24) is 0 Å². The van der Waals surface area contributed by atoms with Crippen LogP contribution in [0.2, 0.25) is 0 Å². The summed E-state index contributed by atoms with van der Waals surface area (Å²) in [5.74, 6) is -1.38. The van der Waals surface area contributed by atoms with Crippen molar-refractivity contribution in [3.8, 4) is 0 Å². The first kappa shape index (κ1) is 15.1. The van der Waals surface area contributed by atoms with Crippen LogP contribution in [-0.4, -0.2) is 17.0 Å². The van der Waals surface area contributed by atoms with Crippen molar-refractivity contribution in [3.05, 3.63) is 57.6 Å². The van der Waals surface area contributed by atoms with Gasteiger partial charge in [-0.3, -0.25) is 4.79 Å². The zero-order valence-corrected chi connectivity index (χ0v) is 12.8. The predicted octanol–water partition coefficient (Wildman–Crippen LogP) is 3.29. The summed E-state index contributed by atoms with van der Waals surface area (Å²) in [4.78, 5) is 23.3. The number of nitrogens with two attached hydrogens (primary N) is 1. The molecule has 0 fully saturated rings. The van der Waals surface area contributed by atoms with E-state index in [9.17, 15) is 9.59 Å². The maximum Gasteiger partial charge on any atom is 0.336 e. The molecule has 0 bridgehead atoms. The van der Waals surface area contributed by atoms with Crippen LogP contribution in [0.5, 0.6) is 0 Å². The minimum absolute atomic E-state index is 0.156. The van der Waals surface area contributed by atoms with Crippen LogP contribution in [0.25, 0.3) is 0 Å². The molecule has 0 saturated heterocycles. The third-order valence-electron chi connectivity index (χ3n) is 3.07. The Labute approximate surface area is 129 Å². The van der Waals surface area contributed by atoms with E-state index in [4.69, 9.17) is 10.8 Å². The first-order valence-electron chi connectivity index (χ1n) is 6.09. The van der Waals surface area contributed by atoms with Crippen molar-refractivity contribution < 1.29 is 14.7 Å². The standard InChI is InChI=1S/C15H13BrN2O3/c1-8-10(15(20)21)3-2-4-13(8)18-14(19)9-5-6-11(16)12(17)7-9/h2-7H,17H2,1H3,(H,18,19)(H,20,21). The van der Waals surface area contributed by atoms with Gasteiger partial charge in [-0.2, -0.15) is 0 Å². The van der Waals surface area contributed by atoms with Crippen LogP contribution in [0.15, 0.2) is 40.9 Å². The molecule has 1 amide bonds. The molecule has 2 rings (SSSR count). The number of carbonyl (C=O) groups is 2. The highest BCUT2D eigenvalue weighted by Crippen LogP contribution is 2.23. The normalized spacial score (nSPS) is 10.2. The summed E-state index contributed by atoms with van der Waals surface area (Å²) in [6.07, 6.45) is 0. The van der Waals surface area contributed by atoms with Crippen LogP contribution in [0, 0.1) is 6.92 Å². The molecule has 0 unspecified atom stereocenters. The molecule has 0 spiro atoms. The van der Waals surface area contributed by atoms with E-state index < -0.39 is 5.97 Å². The van der Waals surface area contributed by atoms with Gasteiger partial charge in [0.15, 0.2) is 0 Å². The average Bonchev–Trinajstić information content (AvgIpc) is 2.43. The Morgan fingerprint density at radius 1 is 1.24 bits per heavy atom. The highest BCUT2D eigenvalue weighted by molar-refractivity contribution is 9.10. The third kappa shape index (κ3) is 3.22. The van der Waals surface area contributed by atoms with Gasteiger partial charge in [0.25, 0.3) is 5.91 Å². The number of carboxylic acid groups (broad SMARTS) is 1. The van der Waals surface area contributed by atoms with E-state index in [0.29, 0.717) is 27.0 Å². The first-order chi connectivity index (χ1) is 9.90. The van der Waals surface area contributed by atoms with Crippen molar-refractivity contribution in [2.75, 3.05) is 11.1 Å². The van der Waals surface area contributed by atoms with Gasteiger partial charge in [-0.25, -0.2) is 4.79 Å². The number of halogens is 1. The molecular weight excluding hydrogens is 336 g/mol. The summed E-state index contributed by atoms with van der Waals surface area (Å²) < 4.78 is 0.711. The number of hydrogen-bond acceptors (Lipinski definition) is 3. The van der Waals surface area contributed by atoms with Crippen molar-refractivity contribution in [2.24, 2.45) is 0 Å². The molecular formula is C15H13BrN2O3. The van der Waals surface area contributed by atoms with Crippen molar-refractivity contribution in [2.45, 2.75) is 6.92 Å². The molecule has 0 saturated carbocycles. The van der Waals surface area contributed by atoms with E-state index in [1.807, 2.05) is 0 Å².